The Morgan fingerprint density at radius 1 is 1.59 bits per heavy atom. The number of carboxylic acid groups (broad SMARTS) is 1. The standard InChI is InChI=1S/C10H9NO6/c1-17-8-3-6(5-12)2-7(4-9(13)14)10(8)11(15)16/h2-3,5H,4H2,1H3,(H,13,14). The number of carbonyl (C=O) groups is 2. The van der Waals surface area contributed by atoms with Gasteiger partial charge in [0.2, 0.25) is 0 Å². The molecule has 0 aromatic heterocycles. The molecule has 7 heteroatoms. The van der Waals surface area contributed by atoms with Crippen LogP contribution in [0.4, 0.5) is 5.69 Å². The van der Waals surface area contributed by atoms with E-state index in [2.05, 4.69) is 0 Å². The molecule has 1 aromatic carbocycles. The molecule has 1 aromatic rings. The number of hydrogen-bond donors (Lipinski definition) is 1. The number of aliphatic carboxylic acids is 1. The first kappa shape index (κ1) is 12.6. The van der Waals surface area contributed by atoms with Gasteiger partial charge in [-0.1, -0.05) is 0 Å². The van der Waals surface area contributed by atoms with Gasteiger partial charge in [-0.25, -0.2) is 0 Å². The highest BCUT2D eigenvalue weighted by atomic mass is 16.6. The van der Waals surface area contributed by atoms with Crippen LogP contribution in [0.1, 0.15) is 15.9 Å². The Hall–Kier alpha value is -2.44. The molecule has 1 N–H and O–H groups in total. The zero-order valence-electron chi connectivity index (χ0n) is 8.87. The van der Waals surface area contributed by atoms with E-state index in [1.807, 2.05) is 0 Å². The molecule has 0 bridgehead atoms. The lowest BCUT2D eigenvalue weighted by atomic mass is 10.1. The minimum Gasteiger partial charge on any atom is -0.490 e. The molecule has 0 saturated heterocycles. The van der Waals surface area contributed by atoms with E-state index < -0.39 is 23.0 Å². The summed E-state index contributed by atoms with van der Waals surface area (Å²) < 4.78 is 4.78. The van der Waals surface area contributed by atoms with Crippen molar-refractivity contribution < 1.29 is 24.4 Å². The van der Waals surface area contributed by atoms with Crippen molar-refractivity contribution in [1.29, 1.82) is 0 Å². The van der Waals surface area contributed by atoms with Gasteiger partial charge in [-0.3, -0.25) is 19.7 Å². The first-order valence-electron chi connectivity index (χ1n) is 4.52. The first-order valence-corrected chi connectivity index (χ1v) is 4.52. The van der Waals surface area contributed by atoms with Crippen LogP contribution in [0.15, 0.2) is 12.1 Å². The molecular weight excluding hydrogens is 230 g/mol. The van der Waals surface area contributed by atoms with E-state index in [1.165, 1.54) is 19.2 Å². The predicted molar refractivity (Wildman–Crippen MR) is 56.4 cm³/mol. The number of carbonyl (C=O) groups excluding carboxylic acids is 1. The summed E-state index contributed by atoms with van der Waals surface area (Å²) in [6.07, 6.45) is -0.0774. The van der Waals surface area contributed by atoms with Crippen molar-refractivity contribution in [2.24, 2.45) is 0 Å². The molecule has 0 amide bonds. The van der Waals surface area contributed by atoms with E-state index in [-0.39, 0.29) is 16.9 Å². The normalized spacial score (nSPS) is 9.71. The van der Waals surface area contributed by atoms with Crippen LogP contribution < -0.4 is 4.74 Å². The number of aldehydes is 1. The summed E-state index contributed by atoms with van der Waals surface area (Å²) in [6.45, 7) is 0. The summed E-state index contributed by atoms with van der Waals surface area (Å²) in [5, 5.41) is 19.5. The molecule has 0 aliphatic rings. The van der Waals surface area contributed by atoms with Crippen molar-refractivity contribution in [3.8, 4) is 5.75 Å². The summed E-state index contributed by atoms with van der Waals surface area (Å²) in [4.78, 5) is 31.3. The third-order valence-corrected chi connectivity index (χ3v) is 2.06. The average molecular weight is 239 g/mol. The number of nitro benzene ring substituents is 1. The van der Waals surface area contributed by atoms with Gasteiger partial charge >= 0.3 is 11.7 Å². The second-order valence-corrected chi connectivity index (χ2v) is 3.18. The number of benzene rings is 1. The smallest absolute Gasteiger partial charge is 0.314 e. The van der Waals surface area contributed by atoms with Crippen LogP contribution in [0, 0.1) is 10.1 Å². The lowest BCUT2D eigenvalue weighted by Gasteiger charge is -2.06. The fourth-order valence-corrected chi connectivity index (χ4v) is 1.42. The molecule has 0 radical (unpaired) electrons. The highest BCUT2D eigenvalue weighted by Gasteiger charge is 2.23. The molecule has 0 atom stereocenters. The van der Waals surface area contributed by atoms with Crippen molar-refractivity contribution in [3.63, 3.8) is 0 Å². The minimum atomic E-state index is -1.22. The van der Waals surface area contributed by atoms with Crippen LogP contribution >= 0.6 is 0 Å². The summed E-state index contributed by atoms with van der Waals surface area (Å²) in [6, 6.07) is 2.36. The molecule has 0 aliphatic heterocycles. The Morgan fingerprint density at radius 2 is 2.24 bits per heavy atom. The molecule has 0 saturated carbocycles. The van der Waals surface area contributed by atoms with Crippen LogP contribution in [-0.4, -0.2) is 29.4 Å². The monoisotopic (exact) mass is 239 g/mol. The predicted octanol–water partition coefficient (Wildman–Crippen LogP) is 1.04. The second kappa shape index (κ2) is 5.06. The van der Waals surface area contributed by atoms with Gasteiger partial charge in [-0.15, -0.1) is 0 Å². The summed E-state index contributed by atoms with van der Waals surface area (Å²) in [7, 11) is 1.21. The van der Waals surface area contributed by atoms with Gasteiger partial charge in [-0.05, 0) is 12.1 Å². The lowest BCUT2D eigenvalue weighted by molar-refractivity contribution is -0.386. The van der Waals surface area contributed by atoms with Gasteiger partial charge in [0.15, 0.2) is 5.75 Å². The number of ether oxygens (including phenoxy) is 1. The van der Waals surface area contributed by atoms with E-state index in [1.54, 1.807) is 0 Å². The van der Waals surface area contributed by atoms with Gasteiger partial charge in [0.25, 0.3) is 0 Å². The van der Waals surface area contributed by atoms with Crippen molar-refractivity contribution in [2.75, 3.05) is 7.11 Å². The van der Waals surface area contributed by atoms with E-state index in [4.69, 9.17) is 9.84 Å². The van der Waals surface area contributed by atoms with Crippen molar-refractivity contribution in [3.05, 3.63) is 33.4 Å². The van der Waals surface area contributed by atoms with E-state index in [9.17, 15) is 19.7 Å². The van der Waals surface area contributed by atoms with Gasteiger partial charge in [0, 0.05) is 11.1 Å². The topological polar surface area (TPSA) is 107 Å². The SMILES string of the molecule is COc1cc(C=O)cc(CC(=O)O)c1[N+](=O)[O-]. The Labute approximate surface area is 95.8 Å². The molecule has 17 heavy (non-hydrogen) atoms. The molecule has 0 spiro atoms. The van der Waals surface area contributed by atoms with Gasteiger partial charge in [0.1, 0.15) is 6.29 Å². The van der Waals surface area contributed by atoms with E-state index in [0.29, 0.717) is 6.29 Å². The fourth-order valence-electron chi connectivity index (χ4n) is 1.42. The van der Waals surface area contributed by atoms with Crippen LogP contribution in [0.2, 0.25) is 0 Å². The average Bonchev–Trinajstić information content (AvgIpc) is 2.26. The Balaban J connectivity index is 3.45. The van der Waals surface area contributed by atoms with Crippen LogP contribution in [0.5, 0.6) is 5.75 Å². The molecule has 90 valence electrons. The first-order chi connectivity index (χ1) is 7.99. The van der Waals surface area contributed by atoms with Gasteiger partial charge in [-0.2, -0.15) is 0 Å². The maximum absolute atomic E-state index is 10.8. The largest absolute Gasteiger partial charge is 0.490 e. The minimum absolute atomic E-state index is 0.0658. The van der Waals surface area contributed by atoms with Gasteiger partial charge < -0.3 is 9.84 Å². The Morgan fingerprint density at radius 3 is 2.65 bits per heavy atom. The number of rotatable bonds is 5. The molecule has 0 aliphatic carbocycles. The number of hydrogen-bond acceptors (Lipinski definition) is 5. The van der Waals surface area contributed by atoms with Crippen LogP contribution in [-0.2, 0) is 11.2 Å². The molecule has 0 heterocycles. The maximum atomic E-state index is 10.8. The van der Waals surface area contributed by atoms with Crippen molar-refractivity contribution in [2.45, 2.75) is 6.42 Å². The lowest BCUT2D eigenvalue weighted by Crippen LogP contribution is -2.06. The number of nitro groups is 1. The van der Waals surface area contributed by atoms with Crippen molar-refractivity contribution in [1.82, 2.24) is 0 Å². The Bertz CT molecular complexity index is 482. The molecular formula is C10H9NO6. The third-order valence-electron chi connectivity index (χ3n) is 2.06. The molecule has 0 fully saturated rings. The van der Waals surface area contributed by atoms with Gasteiger partial charge in [0.05, 0.1) is 18.5 Å². The zero-order valence-corrected chi connectivity index (χ0v) is 8.87. The van der Waals surface area contributed by atoms with E-state index >= 15 is 0 Å². The highest BCUT2D eigenvalue weighted by molar-refractivity contribution is 5.80. The zero-order chi connectivity index (χ0) is 13.0. The molecule has 0 unspecified atom stereocenters. The Kier molecular flexibility index (Phi) is 3.76. The maximum Gasteiger partial charge on any atom is 0.314 e. The van der Waals surface area contributed by atoms with Crippen molar-refractivity contribution >= 4 is 17.9 Å². The summed E-state index contributed by atoms with van der Waals surface area (Å²) >= 11 is 0. The molecule has 7 nitrogen and oxygen atoms in total. The summed E-state index contributed by atoms with van der Waals surface area (Å²) in [5.41, 5.74) is -0.367. The fraction of sp³-hybridized carbons (Fsp3) is 0.200. The number of carboxylic acids is 1. The highest BCUT2D eigenvalue weighted by Crippen LogP contribution is 2.32. The van der Waals surface area contributed by atoms with Crippen LogP contribution in [0.25, 0.3) is 0 Å². The number of methoxy groups -OCH3 is 1. The van der Waals surface area contributed by atoms with Crippen LogP contribution in [0.3, 0.4) is 0 Å². The van der Waals surface area contributed by atoms with E-state index in [0.717, 1.165) is 0 Å². The molecule has 1 rings (SSSR count). The summed E-state index contributed by atoms with van der Waals surface area (Å²) in [5.74, 6) is -1.35. The second-order valence-electron chi connectivity index (χ2n) is 3.18. The quantitative estimate of drug-likeness (QED) is 0.467. The number of nitrogens with zero attached hydrogens (tertiary/aromatic N) is 1. The third kappa shape index (κ3) is 2.77.